The first-order valence-electron chi connectivity index (χ1n) is 5.67. The van der Waals surface area contributed by atoms with Crippen LogP contribution in [0.15, 0.2) is 0 Å². The van der Waals surface area contributed by atoms with Crippen molar-refractivity contribution in [2.75, 3.05) is 0 Å². The van der Waals surface area contributed by atoms with Crippen LogP contribution in [0.3, 0.4) is 0 Å². The molecule has 2 aliphatic rings. The van der Waals surface area contributed by atoms with Gasteiger partial charge in [0.2, 0.25) is 0 Å². The Balaban J connectivity index is 0.000000405. The SMILES string of the molecule is C[C]1[CH][CH][CH][C]1[C@H](C)OC(C)=O.[CH]1[CH][CH][CH][CH]1.[Fe+2]. The van der Waals surface area contributed by atoms with Crippen LogP contribution in [-0.4, -0.2) is 12.1 Å². The van der Waals surface area contributed by atoms with Gasteiger partial charge in [0, 0.05) is 12.8 Å². The van der Waals surface area contributed by atoms with Gasteiger partial charge in [-0.3, -0.25) is 4.79 Å². The molecule has 96 valence electrons. The van der Waals surface area contributed by atoms with E-state index in [1.54, 1.807) is 0 Å². The first-order chi connectivity index (χ1) is 8.11. The summed E-state index contributed by atoms with van der Waals surface area (Å²) in [6.07, 6.45) is 15.8. The maximum Gasteiger partial charge on any atom is 2.00 e. The van der Waals surface area contributed by atoms with Crippen LogP contribution in [-0.2, 0) is 26.6 Å². The van der Waals surface area contributed by atoms with E-state index in [4.69, 9.17) is 4.74 Å². The molecule has 0 amide bonds. The smallest absolute Gasteiger partial charge is 0.462 e. The molecule has 0 spiro atoms. The summed E-state index contributed by atoms with van der Waals surface area (Å²) in [5.74, 6) is 2.03. The fourth-order valence-corrected chi connectivity index (χ4v) is 1.61. The van der Waals surface area contributed by atoms with E-state index in [9.17, 15) is 4.79 Å². The van der Waals surface area contributed by atoms with Crippen LogP contribution in [0.2, 0.25) is 0 Å². The molecular formula is C15H18FeO2+2. The van der Waals surface area contributed by atoms with E-state index in [0.29, 0.717) is 0 Å². The molecule has 0 heterocycles. The van der Waals surface area contributed by atoms with Gasteiger partial charge in [0.1, 0.15) is 6.10 Å². The molecule has 0 unspecified atom stereocenters. The molecule has 3 heteroatoms. The average Bonchev–Trinajstić information content (AvgIpc) is 2.88. The minimum absolute atomic E-state index is 0. The summed E-state index contributed by atoms with van der Waals surface area (Å²) in [7, 11) is 0. The van der Waals surface area contributed by atoms with Crippen LogP contribution < -0.4 is 0 Å². The zero-order valence-electron chi connectivity index (χ0n) is 10.9. The molecular weight excluding hydrogens is 268 g/mol. The first kappa shape index (κ1) is 18.0. The summed E-state index contributed by atoms with van der Waals surface area (Å²) in [6, 6.07) is 0. The Morgan fingerprint density at radius 1 is 1.06 bits per heavy atom. The number of hydrogen-bond acceptors (Lipinski definition) is 2. The van der Waals surface area contributed by atoms with Crippen molar-refractivity contribution in [3.8, 4) is 0 Å². The summed E-state index contributed by atoms with van der Waals surface area (Å²) < 4.78 is 5.04. The minimum atomic E-state index is -0.233. The molecule has 0 aliphatic heterocycles. The Bertz CT molecular complexity index is 219. The molecule has 10 radical (unpaired) electrons. The van der Waals surface area contributed by atoms with Gasteiger partial charge in [-0.2, -0.15) is 0 Å². The van der Waals surface area contributed by atoms with Gasteiger partial charge in [-0.05, 0) is 64.2 Å². The third-order valence-corrected chi connectivity index (χ3v) is 2.41. The van der Waals surface area contributed by atoms with E-state index >= 15 is 0 Å². The molecule has 2 saturated carbocycles. The third kappa shape index (κ3) is 6.80. The van der Waals surface area contributed by atoms with Crippen LogP contribution in [0.5, 0.6) is 0 Å². The number of ether oxygens (including phenoxy) is 1. The van der Waals surface area contributed by atoms with Crippen LogP contribution in [0.1, 0.15) is 20.8 Å². The second kappa shape index (κ2) is 9.86. The summed E-state index contributed by atoms with van der Waals surface area (Å²) in [5.41, 5.74) is 0. The summed E-state index contributed by atoms with van der Waals surface area (Å²) >= 11 is 0. The molecule has 18 heavy (non-hydrogen) atoms. The molecule has 0 aromatic heterocycles. The number of carbonyl (C=O) groups excluding carboxylic acids is 1. The molecule has 2 aliphatic carbocycles. The van der Waals surface area contributed by atoms with E-state index < -0.39 is 0 Å². The molecule has 0 bridgehead atoms. The summed E-state index contributed by atoms with van der Waals surface area (Å²) in [4.78, 5) is 10.6. The standard InChI is InChI=1S/C10H13O2.C5H5.Fe/c1-7-5-4-6-10(7)8(2)12-9(3)11;1-2-4-5-3-1;/h4-6,8H,1-3H3;1-5H;/q;;+2/t8-;;/m0../s1. The number of carbonyl (C=O) groups is 1. The maximum absolute atomic E-state index is 10.6. The van der Waals surface area contributed by atoms with Crippen molar-refractivity contribution in [1.82, 2.24) is 0 Å². The van der Waals surface area contributed by atoms with Crippen LogP contribution in [0.25, 0.3) is 0 Å². The third-order valence-electron chi connectivity index (χ3n) is 2.41. The second-order valence-electron chi connectivity index (χ2n) is 3.88. The maximum atomic E-state index is 10.6. The number of rotatable bonds is 2. The van der Waals surface area contributed by atoms with Crippen LogP contribution in [0.4, 0.5) is 0 Å². The van der Waals surface area contributed by atoms with Crippen molar-refractivity contribution in [2.45, 2.75) is 26.9 Å². The molecule has 2 nitrogen and oxygen atoms in total. The van der Waals surface area contributed by atoms with Crippen molar-refractivity contribution in [3.05, 3.63) is 63.2 Å². The number of hydrogen-bond donors (Lipinski definition) is 0. The Kier molecular flexibility index (Phi) is 9.85. The van der Waals surface area contributed by atoms with Crippen LogP contribution in [0, 0.1) is 63.2 Å². The van der Waals surface area contributed by atoms with Crippen molar-refractivity contribution in [1.29, 1.82) is 0 Å². The van der Waals surface area contributed by atoms with Crippen molar-refractivity contribution >= 4 is 5.97 Å². The zero-order chi connectivity index (χ0) is 12.7. The largest absolute Gasteiger partial charge is 2.00 e. The van der Waals surface area contributed by atoms with E-state index in [2.05, 4.69) is 0 Å². The van der Waals surface area contributed by atoms with Crippen molar-refractivity contribution in [2.24, 2.45) is 0 Å². The minimum Gasteiger partial charge on any atom is -0.462 e. The Hall–Kier alpha value is -0.0105. The Labute approximate surface area is 123 Å². The van der Waals surface area contributed by atoms with E-state index in [-0.39, 0.29) is 29.1 Å². The summed E-state index contributed by atoms with van der Waals surface area (Å²) in [6.45, 7) is 5.31. The van der Waals surface area contributed by atoms with Gasteiger partial charge in [-0.15, -0.1) is 0 Å². The second-order valence-corrected chi connectivity index (χ2v) is 3.88. The molecule has 0 aromatic carbocycles. The molecule has 2 fully saturated rings. The Morgan fingerprint density at radius 2 is 1.56 bits per heavy atom. The number of esters is 1. The average molecular weight is 286 g/mol. The molecule has 1 atom stereocenters. The monoisotopic (exact) mass is 286 g/mol. The van der Waals surface area contributed by atoms with Crippen LogP contribution >= 0.6 is 0 Å². The van der Waals surface area contributed by atoms with Gasteiger partial charge in [-0.1, -0.05) is 6.92 Å². The van der Waals surface area contributed by atoms with Crippen molar-refractivity contribution < 1.29 is 26.6 Å². The van der Waals surface area contributed by atoms with E-state index in [0.717, 1.165) is 5.92 Å². The zero-order valence-corrected chi connectivity index (χ0v) is 12.0. The predicted molar refractivity (Wildman–Crippen MR) is 67.8 cm³/mol. The van der Waals surface area contributed by atoms with Gasteiger partial charge in [0.05, 0.1) is 0 Å². The van der Waals surface area contributed by atoms with Crippen molar-refractivity contribution in [3.63, 3.8) is 0 Å². The summed E-state index contributed by atoms with van der Waals surface area (Å²) in [5, 5.41) is 0. The van der Waals surface area contributed by atoms with Gasteiger partial charge >= 0.3 is 23.0 Å². The van der Waals surface area contributed by atoms with Gasteiger partial charge in [0.15, 0.2) is 0 Å². The van der Waals surface area contributed by atoms with Gasteiger partial charge in [-0.25, -0.2) is 0 Å². The van der Waals surface area contributed by atoms with E-state index in [1.165, 1.54) is 12.8 Å². The molecule has 0 saturated heterocycles. The fraction of sp³-hybridized carbons (Fsp3) is 0.267. The van der Waals surface area contributed by atoms with Gasteiger partial charge < -0.3 is 4.74 Å². The van der Waals surface area contributed by atoms with E-state index in [1.807, 2.05) is 65.2 Å². The predicted octanol–water partition coefficient (Wildman–Crippen LogP) is 2.75. The quantitative estimate of drug-likeness (QED) is 0.576. The molecule has 0 aromatic rings. The molecule has 2 rings (SSSR count). The topological polar surface area (TPSA) is 26.3 Å². The molecule has 0 N–H and O–H groups in total. The normalized spacial score (nSPS) is 21.7. The fourth-order valence-electron chi connectivity index (χ4n) is 1.61. The van der Waals surface area contributed by atoms with Gasteiger partial charge in [0.25, 0.3) is 0 Å². The Morgan fingerprint density at radius 3 is 1.89 bits per heavy atom. The first-order valence-corrected chi connectivity index (χ1v) is 5.67.